The number of hydrogen-bond donors (Lipinski definition) is 0. The lowest BCUT2D eigenvalue weighted by Gasteiger charge is -2.09. The maximum atomic E-state index is 12.0. The van der Waals surface area contributed by atoms with Crippen LogP contribution in [0.25, 0.3) is 11.3 Å². The van der Waals surface area contributed by atoms with Crippen LogP contribution in [0.1, 0.15) is 29.9 Å². The Kier molecular flexibility index (Phi) is 3.99. The van der Waals surface area contributed by atoms with Gasteiger partial charge in [-0.2, -0.15) is 0 Å². The van der Waals surface area contributed by atoms with Gasteiger partial charge in [0.25, 0.3) is 0 Å². The highest BCUT2D eigenvalue weighted by Crippen LogP contribution is 2.24. The fourth-order valence-corrected chi connectivity index (χ4v) is 1.91. The molecule has 0 N–H and O–H groups in total. The van der Waals surface area contributed by atoms with Crippen LogP contribution in [-0.4, -0.2) is 26.6 Å². The fraction of sp³-hybridized carbons (Fsp3) is 0.333. The Hall–Kier alpha value is -1.82. The number of rotatable bonds is 4. The van der Waals surface area contributed by atoms with E-state index in [4.69, 9.17) is 4.74 Å². The number of aromatic nitrogens is 3. The molecular formula is C12H13N3O2S. The van der Waals surface area contributed by atoms with Gasteiger partial charge in [0.05, 0.1) is 6.10 Å². The minimum absolute atomic E-state index is 0.110. The average Bonchev–Trinajstić information content (AvgIpc) is 2.88. The Balaban J connectivity index is 2.26. The molecule has 0 unspecified atom stereocenters. The van der Waals surface area contributed by atoms with Crippen molar-refractivity contribution < 1.29 is 9.53 Å². The first-order valence-electron chi connectivity index (χ1n) is 5.66. The molecule has 1 atom stereocenters. The molecule has 0 aliphatic heterocycles. The van der Waals surface area contributed by atoms with Crippen molar-refractivity contribution in [2.24, 2.45) is 0 Å². The summed E-state index contributed by atoms with van der Waals surface area (Å²) in [5, 5.41) is 3.97. The van der Waals surface area contributed by atoms with E-state index in [1.165, 1.54) is 0 Å². The molecule has 2 rings (SSSR count). The first kappa shape index (κ1) is 12.6. The van der Waals surface area contributed by atoms with Crippen molar-refractivity contribution in [1.82, 2.24) is 14.6 Å². The van der Waals surface area contributed by atoms with Gasteiger partial charge in [-0.15, -0.1) is 5.10 Å². The predicted octanol–water partition coefficient (Wildman–Crippen LogP) is 2.56. The van der Waals surface area contributed by atoms with Crippen LogP contribution in [0, 0.1) is 0 Å². The van der Waals surface area contributed by atoms with E-state index in [2.05, 4.69) is 14.6 Å². The van der Waals surface area contributed by atoms with Crippen LogP contribution in [0.5, 0.6) is 0 Å². The summed E-state index contributed by atoms with van der Waals surface area (Å²) in [4.78, 5) is 16.4. The molecule has 0 aliphatic carbocycles. The van der Waals surface area contributed by atoms with Crippen LogP contribution in [0.15, 0.2) is 24.5 Å². The molecule has 0 fully saturated rings. The lowest BCUT2D eigenvalue weighted by atomic mass is 10.2. The molecule has 18 heavy (non-hydrogen) atoms. The molecule has 94 valence electrons. The van der Waals surface area contributed by atoms with E-state index in [0.717, 1.165) is 23.5 Å². The van der Waals surface area contributed by atoms with Crippen molar-refractivity contribution in [2.45, 2.75) is 26.4 Å². The summed E-state index contributed by atoms with van der Waals surface area (Å²) < 4.78 is 9.09. The fourth-order valence-electron chi connectivity index (χ4n) is 1.34. The monoisotopic (exact) mass is 263 g/mol. The summed E-state index contributed by atoms with van der Waals surface area (Å²) in [7, 11) is 0. The normalized spacial score (nSPS) is 12.1. The molecule has 0 bridgehead atoms. The minimum Gasteiger partial charge on any atom is -0.458 e. The van der Waals surface area contributed by atoms with E-state index < -0.39 is 0 Å². The molecule has 2 aromatic heterocycles. The third kappa shape index (κ3) is 2.70. The molecule has 0 radical (unpaired) electrons. The van der Waals surface area contributed by atoms with Crippen molar-refractivity contribution in [3.63, 3.8) is 0 Å². The summed E-state index contributed by atoms with van der Waals surface area (Å²) in [5.41, 5.74) is 1.30. The van der Waals surface area contributed by atoms with Crippen molar-refractivity contribution in [1.29, 1.82) is 0 Å². The van der Waals surface area contributed by atoms with Gasteiger partial charge in [-0.25, -0.2) is 4.79 Å². The predicted molar refractivity (Wildman–Crippen MR) is 68.3 cm³/mol. The second-order valence-electron chi connectivity index (χ2n) is 3.82. The molecule has 6 heteroatoms. The highest BCUT2D eigenvalue weighted by atomic mass is 32.1. The first-order chi connectivity index (χ1) is 8.72. The van der Waals surface area contributed by atoms with Gasteiger partial charge >= 0.3 is 5.97 Å². The number of esters is 1. The molecule has 0 aromatic carbocycles. The van der Waals surface area contributed by atoms with Crippen LogP contribution in [0.4, 0.5) is 0 Å². The van der Waals surface area contributed by atoms with Crippen molar-refractivity contribution in [2.75, 3.05) is 0 Å². The first-order valence-corrected chi connectivity index (χ1v) is 6.43. The van der Waals surface area contributed by atoms with E-state index >= 15 is 0 Å². The standard InChI is InChI=1S/C12H13N3O2S/c1-3-8(2)17-12(16)11-10(14-15-18-11)9-5-4-6-13-7-9/h4-8H,3H2,1-2H3/t8-/m0/s1. The summed E-state index contributed by atoms with van der Waals surface area (Å²) >= 11 is 1.04. The van der Waals surface area contributed by atoms with Crippen LogP contribution in [-0.2, 0) is 4.74 Å². The molecule has 0 spiro atoms. The number of ether oxygens (including phenoxy) is 1. The van der Waals surface area contributed by atoms with Crippen LogP contribution in [0.2, 0.25) is 0 Å². The third-order valence-corrected chi connectivity index (χ3v) is 3.20. The lowest BCUT2D eigenvalue weighted by molar-refractivity contribution is 0.0341. The van der Waals surface area contributed by atoms with Gasteiger partial charge < -0.3 is 4.74 Å². The van der Waals surface area contributed by atoms with Crippen LogP contribution < -0.4 is 0 Å². The molecule has 2 aromatic rings. The molecule has 2 heterocycles. The lowest BCUT2D eigenvalue weighted by Crippen LogP contribution is -2.13. The second kappa shape index (κ2) is 5.68. The zero-order chi connectivity index (χ0) is 13.0. The number of carbonyl (C=O) groups is 1. The Labute approximate surface area is 109 Å². The van der Waals surface area contributed by atoms with E-state index in [9.17, 15) is 4.79 Å². The Bertz CT molecular complexity index is 527. The van der Waals surface area contributed by atoms with E-state index in [1.807, 2.05) is 19.9 Å². The Morgan fingerprint density at radius 3 is 3.06 bits per heavy atom. The van der Waals surface area contributed by atoms with Crippen LogP contribution in [0.3, 0.4) is 0 Å². The molecule has 0 saturated heterocycles. The van der Waals surface area contributed by atoms with Crippen LogP contribution >= 0.6 is 11.5 Å². The van der Waals surface area contributed by atoms with Gasteiger partial charge in [-0.3, -0.25) is 4.98 Å². The molecule has 0 aliphatic rings. The summed E-state index contributed by atoms with van der Waals surface area (Å²) in [6.07, 6.45) is 3.98. The van der Waals surface area contributed by atoms with Gasteiger partial charge in [-0.05, 0) is 37.0 Å². The van der Waals surface area contributed by atoms with Crippen molar-refractivity contribution >= 4 is 17.5 Å². The topological polar surface area (TPSA) is 65.0 Å². The molecule has 0 saturated carbocycles. The smallest absolute Gasteiger partial charge is 0.352 e. The number of pyridine rings is 1. The highest BCUT2D eigenvalue weighted by molar-refractivity contribution is 7.08. The van der Waals surface area contributed by atoms with Gasteiger partial charge in [0.1, 0.15) is 5.69 Å². The van der Waals surface area contributed by atoms with Gasteiger partial charge in [-0.1, -0.05) is 11.4 Å². The van der Waals surface area contributed by atoms with E-state index in [1.54, 1.807) is 18.5 Å². The number of hydrogen-bond acceptors (Lipinski definition) is 6. The Morgan fingerprint density at radius 1 is 1.56 bits per heavy atom. The van der Waals surface area contributed by atoms with E-state index in [-0.39, 0.29) is 12.1 Å². The molecule has 0 amide bonds. The molecular weight excluding hydrogens is 250 g/mol. The van der Waals surface area contributed by atoms with Gasteiger partial charge in [0.2, 0.25) is 0 Å². The summed E-state index contributed by atoms with van der Waals surface area (Å²) in [5.74, 6) is -0.377. The SMILES string of the molecule is CC[C@H](C)OC(=O)c1snnc1-c1cccnc1. The maximum Gasteiger partial charge on any atom is 0.352 e. The van der Waals surface area contributed by atoms with E-state index in [0.29, 0.717) is 10.6 Å². The van der Waals surface area contributed by atoms with Gasteiger partial charge in [0.15, 0.2) is 4.88 Å². The number of carbonyl (C=O) groups excluding carboxylic acids is 1. The molecule has 5 nitrogen and oxygen atoms in total. The summed E-state index contributed by atoms with van der Waals surface area (Å²) in [6, 6.07) is 3.63. The zero-order valence-electron chi connectivity index (χ0n) is 10.2. The van der Waals surface area contributed by atoms with Crippen molar-refractivity contribution in [3.05, 3.63) is 29.4 Å². The summed E-state index contributed by atoms with van der Waals surface area (Å²) in [6.45, 7) is 3.82. The van der Waals surface area contributed by atoms with Gasteiger partial charge in [0, 0.05) is 18.0 Å². The number of nitrogens with zero attached hydrogens (tertiary/aromatic N) is 3. The maximum absolute atomic E-state index is 12.0. The quantitative estimate of drug-likeness (QED) is 0.793. The zero-order valence-corrected chi connectivity index (χ0v) is 11.0. The second-order valence-corrected chi connectivity index (χ2v) is 4.57. The third-order valence-electron chi connectivity index (χ3n) is 2.49. The highest BCUT2D eigenvalue weighted by Gasteiger charge is 2.20. The minimum atomic E-state index is -0.377. The van der Waals surface area contributed by atoms with Crippen molar-refractivity contribution in [3.8, 4) is 11.3 Å². The largest absolute Gasteiger partial charge is 0.458 e. The average molecular weight is 263 g/mol. The Morgan fingerprint density at radius 2 is 2.39 bits per heavy atom.